The van der Waals surface area contributed by atoms with Gasteiger partial charge in [-0.25, -0.2) is 4.39 Å². The van der Waals surface area contributed by atoms with Gasteiger partial charge in [-0.2, -0.15) is 0 Å². The van der Waals surface area contributed by atoms with Crippen LogP contribution in [-0.4, -0.2) is 28.9 Å². The molecule has 0 aromatic heterocycles. The van der Waals surface area contributed by atoms with E-state index in [1.165, 1.54) is 44.2 Å². The zero-order chi connectivity index (χ0) is 15.2. The van der Waals surface area contributed by atoms with Crippen molar-refractivity contribution in [2.45, 2.75) is 50.3 Å². The quantitative estimate of drug-likeness (QED) is 0.803. The van der Waals surface area contributed by atoms with Gasteiger partial charge in [-0.3, -0.25) is 4.79 Å². The second-order valence-electron chi connectivity index (χ2n) is 5.80. The molecule has 0 N–H and O–H groups in total. The van der Waals surface area contributed by atoms with Crippen molar-refractivity contribution >= 4 is 17.7 Å². The lowest BCUT2D eigenvalue weighted by molar-refractivity contribution is -0.128. The van der Waals surface area contributed by atoms with Crippen LogP contribution in [0.2, 0.25) is 0 Å². The fourth-order valence-corrected chi connectivity index (χ4v) is 3.95. The lowest BCUT2D eigenvalue weighted by Gasteiger charge is -2.27. The van der Waals surface area contributed by atoms with Crippen LogP contribution < -0.4 is 0 Å². The lowest BCUT2D eigenvalue weighted by atomic mass is 10.0. The first-order valence-electron chi connectivity index (χ1n) is 7.70. The van der Waals surface area contributed by atoms with Crippen LogP contribution in [0.3, 0.4) is 0 Å². The van der Waals surface area contributed by atoms with E-state index < -0.39 is 0 Å². The number of carbonyl (C=O) groups is 1. The second kappa shape index (κ2) is 7.83. The molecule has 2 nitrogen and oxygen atoms in total. The molecule has 0 radical (unpaired) electrons. The van der Waals surface area contributed by atoms with E-state index in [2.05, 4.69) is 0 Å². The molecular weight excluding hydrogens is 285 g/mol. The van der Waals surface area contributed by atoms with Gasteiger partial charge in [0.2, 0.25) is 5.91 Å². The minimum Gasteiger partial charge on any atom is -0.338 e. The van der Waals surface area contributed by atoms with Crippen molar-refractivity contribution in [1.82, 2.24) is 4.90 Å². The highest BCUT2D eigenvalue weighted by atomic mass is 32.2. The van der Waals surface area contributed by atoms with Gasteiger partial charge in [0, 0.05) is 12.3 Å². The summed E-state index contributed by atoms with van der Waals surface area (Å²) in [5.74, 6) is 0.461. The maximum atomic E-state index is 13.0. The number of amides is 1. The van der Waals surface area contributed by atoms with Crippen molar-refractivity contribution < 1.29 is 9.18 Å². The molecule has 1 aliphatic rings. The van der Waals surface area contributed by atoms with Gasteiger partial charge in [0.1, 0.15) is 5.82 Å². The third-order valence-corrected chi connectivity index (χ3v) is 5.68. The zero-order valence-electron chi connectivity index (χ0n) is 12.8. The minimum atomic E-state index is -0.243. The van der Waals surface area contributed by atoms with E-state index in [0.717, 1.165) is 5.56 Å². The smallest absolute Gasteiger partial charge is 0.232 e. The summed E-state index contributed by atoms with van der Waals surface area (Å²) < 4.78 is 13.0. The molecule has 0 heterocycles. The number of nitrogens with zero attached hydrogens (tertiary/aromatic N) is 1. The summed E-state index contributed by atoms with van der Waals surface area (Å²) in [5, 5.41) is 0.650. The second-order valence-corrected chi connectivity index (χ2v) is 7.09. The van der Waals surface area contributed by atoms with Crippen LogP contribution in [0.5, 0.6) is 0 Å². The Balaban J connectivity index is 1.84. The van der Waals surface area contributed by atoms with Crippen LogP contribution in [0, 0.1) is 5.82 Å². The fraction of sp³-hybridized carbons (Fsp3) is 0.588. The predicted molar refractivity (Wildman–Crippen MR) is 86.9 cm³/mol. The normalized spacial score (nSPS) is 17.5. The molecule has 1 aliphatic carbocycles. The molecule has 1 unspecified atom stereocenters. The highest BCUT2D eigenvalue weighted by Crippen LogP contribution is 2.29. The minimum absolute atomic E-state index is 0.0231. The Labute approximate surface area is 131 Å². The van der Waals surface area contributed by atoms with Crippen LogP contribution in [0.4, 0.5) is 4.39 Å². The Kier molecular flexibility index (Phi) is 6.09. The summed E-state index contributed by atoms with van der Waals surface area (Å²) in [6.07, 6.45) is 6.43. The monoisotopic (exact) mass is 309 g/mol. The number of benzene rings is 1. The zero-order valence-corrected chi connectivity index (χ0v) is 13.7. The average molecular weight is 309 g/mol. The predicted octanol–water partition coefficient (Wildman–Crippen LogP) is 4.41. The molecule has 21 heavy (non-hydrogen) atoms. The number of hydrogen-bond acceptors (Lipinski definition) is 2. The molecular formula is C17H24FNOS. The van der Waals surface area contributed by atoms with Gasteiger partial charge in [-0.15, -0.1) is 11.8 Å². The van der Waals surface area contributed by atoms with Crippen molar-refractivity contribution in [3.05, 3.63) is 35.6 Å². The summed E-state index contributed by atoms with van der Waals surface area (Å²) in [6, 6.07) is 6.36. The lowest BCUT2D eigenvalue weighted by Crippen LogP contribution is -2.31. The third-order valence-electron chi connectivity index (χ3n) is 4.32. The molecule has 1 fully saturated rings. The maximum absolute atomic E-state index is 13.0. The van der Waals surface area contributed by atoms with Gasteiger partial charge in [0.25, 0.3) is 0 Å². The summed E-state index contributed by atoms with van der Waals surface area (Å²) in [7, 11) is 1.83. The SMILES string of the molecule is CC(c1ccc(F)cc1)N(C)C(=O)CSC1CCCCC1. The first-order valence-corrected chi connectivity index (χ1v) is 8.75. The maximum Gasteiger partial charge on any atom is 0.232 e. The molecule has 1 amide bonds. The van der Waals surface area contributed by atoms with E-state index in [1.54, 1.807) is 28.8 Å². The van der Waals surface area contributed by atoms with Gasteiger partial charge in [-0.05, 0) is 37.5 Å². The first-order chi connectivity index (χ1) is 10.1. The number of halogens is 1. The van der Waals surface area contributed by atoms with Crippen LogP contribution >= 0.6 is 11.8 Å². The van der Waals surface area contributed by atoms with Gasteiger partial charge >= 0.3 is 0 Å². The van der Waals surface area contributed by atoms with Crippen LogP contribution in [0.15, 0.2) is 24.3 Å². The van der Waals surface area contributed by atoms with Gasteiger partial charge in [0.05, 0.1) is 11.8 Å². The van der Waals surface area contributed by atoms with Crippen molar-refractivity contribution in [3.8, 4) is 0 Å². The average Bonchev–Trinajstić information content (AvgIpc) is 2.53. The van der Waals surface area contributed by atoms with Crippen LogP contribution in [0.25, 0.3) is 0 Å². The fourth-order valence-electron chi connectivity index (χ4n) is 2.70. The Bertz CT molecular complexity index is 456. The number of hydrogen-bond donors (Lipinski definition) is 0. The highest BCUT2D eigenvalue weighted by molar-refractivity contribution is 8.00. The molecule has 1 aromatic carbocycles. The topological polar surface area (TPSA) is 20.3 Å². The Morgan fingerprint density at radius 3 is 2.52 bits per heavy atom. The molecule has 2 rings (SSSR count). The Hall–Kier alpha value is -1.03. The summed E-state index contributed by atoms with van der Waals surface area (Å²) in [5.41, 5.74) is 0.968. The van der Waals surface area contributed by atoms with Crippen LogP contribution in [0.1, 0.15) is 50.6 Å². The largest absolute Gasteiger partial charge is 0.338 e. The summed E-state index contributed by atoms with van der Waals surface area (Å²) in [4.78, 5) is 14.1. The van der Waals surface area contributed by atoms with Crippen molar-refractivity contribution in [2.24, 2.45) is 0 Å². The van der Waals surface area contributed by atoms with Gasteiger partial charge in [0.15, 0.2) is 0 Å². The molecule has 0 bridgehead atoms. The van der Waals surface area contributed by atoms with Crippen LogP contribution in [-0.2, 0) is 4.79 Å². The Morgan fingerprint density at radius 1 is 1.29 bits per heavy atom. The number of carbonyl (C=O) groups excluding carboxylic acids is 1. The van der Waals surface area contributed by atoms with E-state index in [1.807, 2.05) is 14.0 Å². The van der Waals surface area contributed by atoms with Crippen molar-refractivity contribution in [2.75, 3.05) is 12.8 Å². The van der Waals surface area contributed by atoms with Crippen molar-refractivity contribution in [3.63, 3.8) is 0 Å². The van der Waals surface area contributed by atoms with E-state index in [4.69, 9.17) is 0 Å². The van der Waals surface area contributed by atoms with E-state index in [0.29, 0.717) is 11.0 Å². The molecule has 0 aliphatic heterocycles. The van der Waals surface area contributed by atoms with Gasteiger partial charge < -0.3 is 4.90 Å². The molecule has 1 atom stereocenters. The highest BCUT2D eigenvalue weighted by Gasteiger charge is 2.20. The number of thioether (sulfide) groups is 1. The molecule has 0 saturated heterocycles. The van der Waals surface area contributed by atoms with E-state index in [-0.39, 0.29) is 17.8 Å². The molecule has 4 heteroatoms. The number of rotatable bonds is 5. The molecule has 1 aromatic rings. The van der Waals surface area contributed by atoms with Crippen molar-refractivity contribution in [1.29, 1.82) is 0 Å². The first kappa shape index (κ1) is 16.3. The molecule has 1 saturated carbocycles. The van der Waals surface area contributed by atoms with Gasteiger partial charge in [-0.1, -0.05) is 31.4 Å². The summed E-state index contributed by atoms with van der Waals surface area (Å²) >= 11 is 1.80. The third kappa shape index (κ3) is 4.73. The Morgan fingerprint density at radius 2 is 1.90 bits per heavy atom. The standard InChI is InChI=1S/C17H24FNOS/c1-13(14-8-10-15(18)11-9-14)19(2)17(20)12-21-16-6-4-3-5-7-16/h8-11,13,16H,3-7,12H2,1-2H3. The van der Waals surface area contributed by atoms with E-state index >= 15 is 0 Å². The van der Waals surface area contributed by atoms with E-state index in [9.17, 15) is 9.18 Å². The summed E-state index contributed by atoms with van der Waals surface area (Å²) in [6.45, 7) is 1.98. The molecule has 0 spiro atoms. The molecule has 116 valence electrons.